The lowest BCUT2D eigenvalue weighted by molar-refractivity contribution is 0.00142. The van der Waals surface area contributed by atoms with Gasteiger partial charge < -0.3 is 9.84 Å². The second-order valence-corrected chi connectivity index (χ2v) is 5.25. The van der Waals surface area contributed by atoms with Gasteiger partial charge in [-0.25, -0.2) is 0 Å². The molecule has 0 unspecified atom stereocenters. The second kappa shape index (κ2) is 6.72. The minimum atomic E-state index is -0.887. The molecule has 0 saturated heterocycles. The van der Waals surface area contributed by atoms with Crippen LogP contribution in [0.15, 0.2) is 48.8 Å². The van der Waals surface area contributed by atoms with Crippen LogP contribution < -0.4 is 4.74 Å². The number of aromatic nitrogens is 1. The van der Waals surface area contributed by atoms with Crippen LogP contribution in [0.25, 0.3) is 0 Å². The van der Waals surface area contributed by atoms with Gasteiger partial charge in [-0.2, -0.15) is 0 Å². The van der Waals surface area contributed by atoms with E-state index in [1.807, 2.05) is 43.3 Å². The van der Waals surface area contributed by atoms with Crippen LogP contribution >= 0.6 is 0 Å². The van der Waals surface area contributed by atoms with Crippen molar-refractivity contribution in [2.45, 2.75) is 38.2 Å². The number of pyridine rings is 1. The maximum atomic E-state index is 11.3. The van der Waals surface area contributed by atoms with Gasteiger partial charge in [0, 0.05) is 18.3 Å². The molecule has 2 rings (SSSR count). The lowest BCUT2D eigenvalue weighted by atomic mass is 9.74. The van der Waals surface area contributed by atoms with Crippen LogP contribution in [0.1, 0.15) is 43.7 Å². The van der Waals surface area contributed by atoms with E-state index in [2.05, 4.69) is 11.9 Å². The third-order valence-corrected chi connectivity index (χ3v) is 4.22. The van der Waals surface area contributed by atoms with Crippen LogP contribution in [0.3, 0.4) is 0 Å². The van der Waals surface area contributed by atoms with Gasteiger partial charge in [-0.05, 0) is 48.2 Å². The third kappa shape index (κ3) is 3.08. The fourth-order valence-corrected chi connectivity index (χ4v) is 2.98. The lowest BCUT2D eigenvalue weighted by Crippen LogP contribution is -2.32. The zero-order valence-corrected chi connectivity index (χ0v) is 12.9. The zero-order chi connectivity index (χ0) is 15.3. The molecule has 3 nitrogen and oxygen atoms in total. The Morgan fingerprint density at radius 3 is 2.19 bits per heavy atom. The quantitative estimate of drug-likeness (QED) is 0.875. The molecule has 0 saturated carbocycles. The van der Waals surface area contributed by atoms with Crippen molar-refractivity contribution in [2.75, 3.05) is 7.11 Å². The van der Waals surface area contributed by atoms with E-state index in [1.54, 1.807) is 19.5 Å². The van der Waals surface area contributed by atoms with Gasteiger partial charge >= 0.3 is 0 Å². The molecule has 0 amide bonds. The van der Waals surface area contributed by atoms with E-state index in [0.29, 0.717) is 6.42 Å². The molecule has 2 aromatic rings. The summed E-state index contributed by atoms with van der Waals surface area (Å²) in [6.07, 6.45) is 5.07. The molecule has 0 aliphatic heterocycles. The van der Waals surface area contributed by atoms with Gasteiger partial charge in [0.1, 0.15) is 5.75 Å². The van der Waals surface area contributed by atoms with Gasteiger partial charge in [-0.3, -0.25) is 4.98 Å². The summed E-state index contributed by atoms with van der Waals surface area (Å²) in [5, 5.41) is 11.3. The van der Waals surface area contributed by atoms with Crippen molar-refractivity contribution in [1.29, 1.82) is 0 Å². The SMILES string of the molecule is CC[C@H](c1ccncc1)[C@](O)(CC)c1ccc(OC)cc1. The first-order valence-electron chi connectivity index (χ1n) is 7.42. The number of ether oxygens (including phenoxy) is 1. The smallest absolute Gasteiger partial charge is 0.118 e. The Kier molecular flexibility index (Phi) is 4.97. The highest BCUT2D eigenvalue weighted by molar-refractivity contribution is 5.34. The third-order valence-electron chi connectivity index (χ3n) is 4.22. The van der Waals surface area contributed by atoms with Crippen molar-refractivity contribution in [1.82, 2.24) is 4.98 Å². The number of methoxy groups -OCH3 is 1. The molecule has 112 valence electrons. The molecular formula is C18H23NO2. The van der Waals surface area contributed by atoms with Crippen LogP contribution in [-0.4, -0.2) is 17.2 Å². The summed E-state index contributed by atoms with van der Waals surface area (Å²) in [7, 11) is 1.65. The van der Waals surface area contributed by atoms with Gasteiger partial charge in [0.2, 0.25) is 0 Å². The molecule has 1 N–H and O–H groups in total. The van der Waals surface area contributed by atoms with Gasteiger partial charge in [0.25, 0.3) is 0 Å². The van der Waals surface area contributed by atoms with Crippen molar-refractivity contribution < 1.29 is 9.84 Å². The molecule has 0 fully saturated rings. The summed E-state index contributed by atoms with van der Waals surface area (Å²) in [5.74, 6) is 0.841. The summed E-state index contributed by atoms with van der Waals surface area (Å²) in [6.45, 7) is 4.13. The molecule has 3 heteroatoms. The van der Waals surface area contributed by atoms with E-state index in [1.165, 1.54) is 0 Å². The number of rotatable bonds is 6. The average molecular weight is 285 g/mol. The van der Waals surface area contributed by atoms with E-state index < -0.39 is 5.60 Å². The van der Waals surface area contributed by atoms with Gasteiger partial charge in [-0.15, -0.1) is 0 Å². The Hall–Kier alpha value is -1.87. The number of hydrogen-bond donors (Lipinski definition) is 1. The van der Waals surface area contributed by atoms with Crippen molar-refractivity contribution in [3.63, 3.8) is 0 Å². The van der Waals surface area contributed by atoms with Crippen LogP contribution in [0.4, 0.5) is 0 Å². The zero-order valence-electron chi connectivity index (χ0n) is 12.9. The molecule has 1 aromatic heterocycles. The minimum absolute atomic E-state index is 0.0406. The molecular weight excluding hydrogens is 262 g/mol. The van der Waals surface area contributed by atoms with E-state index in [0.717, 1.165) is 23.3 Å². The van der Waals surface area contributed by atoms with Crippen molar-refractivity contribution in [2.24, 2.45) is 0 Å². The molecule has 0 aliphatic rings. The maximum absolute atomic E-state index is 11.3. The van der Waals surface area contributed by atoms with Crippen molar-refractivity contribution in [3.8, 4) is 5.75 Å². The standard InChI is InChI=1S/C18H23NO2/c1-4-17(14-10-12-19-13-11-14)18(20,5-2)15-6-8-16(21-3)9-7-15/h6-13,17,20H,4-5H2,1-3H3/t17-,18+/m1/s1. The molecule has 1 aromatic carbocycles. The van der Waals surface area contributed by atoms with E-state index in [4.69, 9.17) is 4.74 Å². The first-order chi connectivity index (χ1) is 10.2. The minimum Gasteiger partial charge on any atom is -0.497 e. The first-order valence-corrected chi connectivity index (χ1v) is 7.42. The van der Waals surface area contributed by atoms with Crippen molar-refractivity contribution in [3.05, 3.63) is 59.9 Å². The fourth-order valence-electron chi connectivity index (χ4n) is 2.98. The monoisotopic (exact) mass is 285 g/mol. The van der Waals surface area contributed by atoms with Crippen LogP contribution in [-0.2, 0) is 5.60 Å². The Balaban J connectivity index is 2.42. The normalized spacial score (nSPS) is 15.2. The predicted molar refractivity (Wildman–Crippen MR) is 84.5 cm³/mol. The van der Waals surface area contributed by atoms with Crippen LogP contribution in [0.2, 0.25) is 0 Å². The van der Waals surface area contributed by atoms with Crippen LogP contribution in [0, 0.1) is 0 Å². The number of aliphatic hydroxyl groups is 1. The molecule has 21 heavy (non-hydrogen) atoms. The highest BCUT2D eigenvalue weighted by Crippen LogP contribution is 2.41. The first kappa shape index (κ1) is 15.5. The van der Waals surface area contributed by atoms with E-state index in [-0.39, 0.29) is 5.92 Å². The second-order valence-electron chi connectivity index (χ2n) is 5.25. The van der Waals surface area contributed by atoms with E-state index >= 15 is 0 Å². The summed E-state index contributed by atoms with van der Waals surface area (Å²) < 4.78 is 5.20. The Morgan fingerprint density at radius 1 is 1.10 bits per heavy atom. The lowest BCUT2D eigenvalue weighted by Gasteiger charge is -2.36. The molecule has 0 bridgehead atoms. The highest BCUT2D eigenvalue weighted by Gasteiger charge is 2.36. The summed E-state index contributed by atoms with van der Waals surface area (Å²) in [5.41, 5.74) is 1.16. The average Bonchev–Trinajstić information content (AvgIpc) is 2.56. The topological polar surface area (TPSA) is 42.4 Å². The molecule has 0 radical (unpaired) electrons. The number of hydrogen-bond acceptors (Lipinski definition) is 3. The molecule has 0 aliphatic carbocycles. The van der Waals surface area contributed by atoms with Crippen molar-refractivity contribution >= 4 is 0 Å². The maximum Gasteiger partial charge on any atom is 0.118 e. The van der Waals surface area contributed by atoms with Crippen LogP contribution in [0.5, 0.6) is 5.75 Å². The Labute approximate surface area is 126 Å². The fraction of sp³-hybridized carbons (Fsp3) is 0.389. The Bertz CT molecular complexity index is 553. The van der Waals surface area contributed by atoms with E-state index in [9.17, 15) is 5.11 Å². The summed E-state index contributed by atoms with van der Waals surface area (Å²) >= 11 is 0. The largest absolute Gasteiger partial charge is 0.497 e. The van der Waals surface area contributed by atoms with Gasteiger partial charge in [0.05, 0.1) is 12.7 Å². The molecule has 1 heterocycles. The van der Waals surface area contributed by atoms with Gasteiger partial charge in [-0.1, -0.05) is 26.0 Å². The summed E-state index contributed by atoms with van der Waals surface area (Å²) in [4.78, 5) is 4.07. The molecule has 0 spiro atoms. The Morgan fingerprint density at radius 2 is 1.71 bits per heavy atom. The predicted octanol–water partition coefficient (Wildman–Crippen LogP) is 3.88. The number of benzene rings is 1. The molecule has 2 atom stereocenters. The highest BCUT2D eigenvalue weighted by atomic mass is 16.5. The summed E-state index contributed by atoms with van der Waals surface area (Å²) in [6, 6.07) is 11.7. The number of nitrogens with zero attached hydrogens (tertiary/aromatic N) is 1. The van der Waals surface area contributed by atoms with Gasteiger partial charge in [0.15, 0.2) is 0 Å².